The van der Waals surface area contributed by atoms with Crippen LogP contribution >= 0.6 is 136 Å². The van der Waals surface area contributed by atoms with Crippen molar-refractivity contribution in [1.82, 2.24) is 0 Å². The zero-order valence-electron chi connectivity index (χ0n) is 18.8. The molecule has 0 radical (unpaired) electrons. The number of carboxylic acid groups (broad SMARTS) is 1. The summed E-state index contributed by atoms with van der Waals surface area (Å²) in [6, 6.07) is 4.15. The van der Waals surface area contributed by atoms with Crippen molar-refractivity contribution in [2.24, 2.45) is 0 Å². The van der Waals surface area contributed by atoms with Gasteiger partial charge in [-0.15, -0.1) is 0 Å². The molecule has 34 heavy (non-hydrogen) atoms. The molecule has 2 rings (SSSR count). The number of hydrogen-bond acceptors (Lipinski definition) is 3. The standard InChI is InChI=1S/C24H28I6N2O2/c1-2-3-4-5-6-7-8-9-24(12-17(33)34,18-13(25)10-15(27)22(31)20(18)29)19-14(26)11-16(28)23(32)21(19)30/h10-11H,2-9,12,31-32H2,1H3,(H,33,34). The smallest absolute Gasteiger partial charge is 0.304 e. The first-order valence-electron chi connectivity index (χ1n) is 11.1. The highest BCUT2D eigenvalue weighted by Gasteiger charge is 2.43. The number of nitrogen functional groups attached to an aromatic ring is 2. The van der Waals surface area contributed by atoms with Crippen LogP contribution in [0.2, 0.25) is 0 Å². The van der Waals surface area contributed by atoms with Gasteiger partial charge in [-0.2, -0.15) is 0 Å². The summed E-state index contributed by atoms with van der Waals surface area (Å²) in [6.07, 6.45) is 8.97. The van der Waals surface area contributed by atoms with Gasteiger partial charge >= 0.3 is 5.97 Å². The lowest BCUT2D eigenvalue weighted by molar-refractivity contribution is -0.138. The molecule has 0 spiro atoms. The second-order valence-electron chi connectivity index (χ2n) is 8.41. The highest BCUT2D eigenvalue weighted by atomic mass is 127. The molecule has 0 amide bonds. The van der Waals surface area contributed by atoms with Gasteiger partial charge in [-0.05, 0) is 165 Å². The van der Waals surface area contributed by atoms with E-state index in [4.69, 9.17) is 11.5 Å². The van der Waals surface area contributed by atoms with Crippen molar-refractivity contribution >= 4 is 153 Å². The number of hydrogen-bond donors (Lipinski definition) is 3. The summed E-state index contributed by atoms with van der Waals surface area (Å²) >= 11 is 13.9. The van der Waals surface area contributed by atoms with E-state index in [0.29, 0.717) is 0 Å². The predicted octanol–water partition coefficient (Wildman–Crippen LogP) is 9.38. The third kappa shape index (κ3) is 7.72. The minimum atomic E-state index is -0.810. The van der Waals surface area contributed by atoms with E-state index in [-0.39, 0.29) is 6.42 Å². The fourth-order valence-corrected chi connectivity index (χ4v) is 13.2. The van der Waals surface area contributed by atoms with Gasteiger partial charge in [-0.1, -0.05) is 51.9 Å². The van der Waals surface area contributed by atoms with Crippen molar-refractivity contribution in [3.05, 3.63) is 44.7 Å². The Morgan fingerprint density at radius 3 is 1.59 bits per heavy atom. The van der Waals surface area contributed by atoms with Gasteiger partial charge in [-0.25, -0.2) is 0 Å². The molecule has 0 atom stereocenters. The maximum atomic E-state index is 12.4. The highest BCUT2D eigenvalue weighted by Crippen LogP contribution is 2.50. The SMILES string of the molecule is CCCCCCCCCC(CC(=O)O)(c1c(I)cc(I)c(N)c1I)c1c(I)cc(I)c(N)c1I. The molecule has 0 aliphatic rings. The normalized spacial score (nSPS) is 11.7. The molecule has 0 aromatic heterocycles. The van der Waals surface area contributed by atoms with Crippen LogP contribution in [-0.4, -0.2) is 11.1 Å². The van der Waals surface area contributed by atoms with E-state index in [1.807, 2.05) is 0 Å². The van der Waals surface area contributed by atoms with Crippen molar-refractivity contribution in [1.29, 1.82) is 0 Å². The van der Waals surface area contributed by atoms with Crippen LogP contribution in [0.3, 0.4) is 0 Å². The zero-order chi connectivity index (χ0) is 25.6. The molecule has 0 fully saturated rings. The van der Waals surface area contributed by atoms with Crippen LogP contribution in [-0.2, 0) is 10.2 Å². The third-order valence-electron chi connectivity index (χ3n) is 6.03. The Labute approximate surface area is 284 Å². The number of unbranched alkanes of at least 4 members (excludes halogenated alkanes) is 6. The number of halogens is 6. The Kier molecular flexibility index (Phi) is 14.1. The van der Waals surface area contributed by atoms with E-state index in [9.17, 15) is 9.90 Å². The Morgan fingerprint density at radius 1 is 0.765 bits per heavy atom. The minimum absolute atomic E-state index is 0.000899. The van der Waals surface area contributed by atoms with Gasteiger partial charge in [0.25, 0.3) is 0 Å². The van der Waals surface area contributed by atoms with Crippen molar-refractivity contribution in [2.45, 2.75) is 70.1 Å². The van der Waals surface area contributed by atoms with E-state index < -0.39 is 11.4 Å². The summed E-state index contributed by atoms with van der Waals surface area (Å²) in [5.41, 5.74) is 15.8. The maximum absolute atomic E-state index is 12.4. The minimum Gasteiger partial charge on any atom is -0.481 e. The molecule has 5 N–H and O–H groups in total. The lowest BCUT2D eigenvalue weighted by atomic mass is 9.68. The molecule has 0 aliphatic heterocycles. The average molecular weight is 1140 g/mol. The molecule has 2 aromatic rings. The largest absolute Gasteiger partial charge is 0.481 e. The predicted molar refractivity (Wildman–Crippen MR) is 194 cm³/mol. The number of carboxylic acids is 1. The molecular formula is C24H28I6N2O2. The molecule has 0 unspecified atom stereocenters. The first-order valence-corrected chi connectivity index (χ1v) is 17.5. The maximum Gasteiger partial charge on any atom is 0.304 e. The first-order chi connectivity index (χ1) is 16.0. The number of benzene rings is 2. The topological polar surface area (TPSA) is 89.3 Å². The van der Waals surface area contributed by atoms with Crippen LogP contribution in [0, 0.1) is 21.4 Å². The van der Waals surface area contributed by atoms with Gasteiger partial charge in [0.05, 0.1) is 17.8 Å². The second kappa shape index (κ2) is 14.9. The number of nitrogens with two attached hydrogens (primary N) is 2. The molecule has 2 aromatic carbocycles. The Bertz CT molecular complexity index is 982. The molecule has 0 heterocycles. The van der Waals surface area contributed by atoms with Crippen molar-refractivity contribution in [2.75, 3.05) is 11.5 Å². The first kappa shape index (κ1) is 32.1. The molecule has 4 nitrogen and oxygen atoms in total. The summed E-state index contributed by atoms with van der Waals surface area (Å²) in [4.78, 5) is 12.4. The molecule has 10 heteroatoms. The summed E-state index contributed by atoms with van der Waals surface area (Å²) in [6.45, 7) is 2.23. The van der Waals surface area contributed by atoms with E-state index in [0.717, 1.165) is 63.2 Å². The summed E-state index contributed by atoms with van der Waals surface area (Å²) in [5.74, 6) is -0.810. The number of rotatable bonds is 12. The van der Waals surface area contributed by atoms with Crippen molar-refractivity contribution < 1.29 is 9.90 Å². The summed E-state index contributed by atoms with van der Waals surface area (Å²) in [5, 5.41) is 10.2. The number of anilines is 2. The highest BCUT2D eigenvalue weighted by molar-refractivity contribution is 14.1. The van der Waals surface area contributed by atoms with Gasteiger partial charge in [-0.3, -0.25) is 4.79 Å². The van der Waals surface area contributed by atoms with Gasteiger partial charge in [0.2, 0.25) is 0 Å². The van der Waals surface area contributed by atoms with Gasteiger partial charge in [0.1, 0.15) is 0 Å². The van der Waals surface area contributed by atoms with Crippen LogP contribution in [0.5, 0.6) is 0 Å². The van der Waals surface area contributed by atoms with Crippen LogP contribution in [0.1, 0.15) is 75.8 Å². The zero-order valence-corrected chi connectivity index (χ0v) is 31.7. The lowest BCUT2D eigenvalue weighted by Crippen LogP contribution is -2.35. The second-order valence-corrected chi connectivity index (χ2v) is 15.2. The van der Waals surface area contributed by atoms with Crippen molar-refractivity contribution in [3.8, 4) is 0 Å². The van der Waals surface area contributed by atoms with Crippen molar-refractivity contribution in [3.63, 3.8) is 0 Å². The monoisotopic (exact) mass is 1140 g/mol. The quantitative estimate of drug-likeness (QED) is 0.112. The molecule has 0 saturated carbocycles. The van der Waals surface area contributed by atoms with Crippen LogP contribution < -0.4 is 11.5 Å². The Balaban J connectivity index is 2.73. The van der Waals surface area contributed by atoms with Gasteiger partial charge in [0, 0.05) is 26.8 Å². The summed E-state index contributed by atoms with van der Waals surface area (Å²) < 4.78 is 5.97. The molecule has 0 saturated heterocycles. The average Bonchev–Trinajstić information content (AvgIpc) is 2.75. The fraction of sp³-hybridized carbons (Fsp3) is 0.458. The van der Waals surface area contributed by atoms with Crippen LogP contribution in [0.25, 0.3) is 0 Å². The lowest BCUT2D eigenvalue weighted by Gasteiger charge is -2.38. The van der Waals surface area contributed by atoms with E-state index in [1.54, 1.807) is 0 Å². The van der Waals surface area contributed by atoms with E-state index in [1.165, 1.54) is 32.1 Å². The fourth-order valence-electron chi connectivity index (χ4n) is 4.37. The summed E-state index contributed by atoms with van der Waals surface area (Å²) in [7, 11) is 0. The van der Waals surface area contributed by atoms with Gasteiger partial charge < -0.3 is 16.6 Å². The molecule has 0 bridgehead atoms. The number of aliphatic carboxylic acids is 1. The van der Waals surface area contributed by atoms with Gasteiger partial charge in [0.15, 0.2) is 0 Å². The molecule has 188 valence electrons. The molecular weight excluding hydrogens is 1110 g/mol. The Hall–Kier alpha value is 1.89. The number of carbonyl (C=O) groups is 1. The van der Waals surface area contributed by atoms with Crippen LogP contribution in [0.4, 0.5) is 11.4 Å². The van der Waals surface area contributed by atoms with E-state index >= 15 is 0 Å². The third-order valence-corrected chi connectivity index (χ3v) is 11.8. The van der Waals surface area contributed by atoms with E-state index in [2.05, 4.69) is 155 Å². The Morgan fingerprint density at radius 2 is 1.18 bits per heavy atom. The molecule has 0 aliphatic carbocycles. The van der Waals surface area contributed by atoms with Crippen LogP contribution in [0.15, 0.2) is 12.1 Å².